The SMILES string of the molecule is CCCc1nc(CSc2ccc(Cl)cc2)nc2c1CNC2. The van der Waals surface area contributed by atoms with Crippen molar-refractivity contribution < 1.29 is 0 Å². The Bertz CT molecular complexity index is 628. The zero-order valence-electron chi connectivity index (χ0n) is 12.0. The van der Waals surface area contributed by atoms with Crippen molar-refractivity contribution in [3.8, 4) is 0 Å². The van der Waals surface area contributed by atoms with E-state index in [1.54, 1.807) is 11.8 Å². The number of nitrogens with one attached hydrogen (secondary N) is 1. The van der Waals surface area contributed by atoms with Gasteiger partial charge < -0.3 is 5.32 Å². The number of rotatable bonds is 5. The van der Waals surface area contributed by atoms with Crippen molar-refractivity contribution in [1.29, 1.82) is 0 Å². The number of hydrogen-bond donors (Lipinski definition) is 1. The minimum Gasteiger partial charge on any atom is -0.307 e. The highest BCUT2D eigenvalue weighted by atomic mass is 35.5. The molecule has 0 radical (unpaired) electrons. The Labute approximate surface area is 134 Å². The third-order valence-electron chi connectivity index (χ3n) is 3.49. The van der Waals surface area contributed by atoms with Gasteiger partial charge in [-0.15, -0.1) is 11.8 Å². The molecule has 0 amide bonds. The minimum atomic E-state index is 0.768. The molecule has 1 aromatic heterocycles. The summed E-state index contributed by atoms with van der Waals surface area (Å²) < 4.78 is 0. The molecule has 0 bridgehead atoms. The van der Waals surface area contributed by atoms with E-state index < -0.39 is 0 Å². The number of aryl methyl sites for hydroxylation is 1. The normalized spacial score (nSPS) is 13.4. The van der Waals surface area contributed by atoms with Crippen LogP contribution in [0, 0.1) is 0 Å². The first kappa shape index (κ1) is 14.8. The van der Waals surface area contributed by atoms with Crippen molar-refractivity contribution in [2.45, 2.75) is 43.5 Å². The maximum Gasteiger partial charge on any atom is 0.139 e. The Balaban J connectivity index is 1.76. The summed E-state index contributed by atoms with van der Waals surface area (Å²) in [6.45, 7) is 3.97. The van der Waals surface area contributed by atoms with Crippen molar-refractivity contribution in [3.05, 3.63) is 52.1 Å². The van der Waals surface area contributed by atoms with Gasteiger partial charge in [0.05, 0.1) is 11.4 Å². The van der Waals surface area contributed by atoms with E-state index in [0.29, 0.717) is 0 Å². The summed E-state index contributed by atoms with van der Waals surface area (Å²) in [5, 5.41) is 4.14. The van der Waals surface area contributed by atoms with Gasteiger partial charge in [0, 0.05) is 34.3 Å². The fourth-order valence-electron chi connectivity index (χ4n) is 2.48. The number of fused-ring (bicyclic) bond motifs is 1. The topological polar surface area (TPSA) is 37.8 Å². The standard InChI is InChI=1S/C16H18ClN3S/c1-2-3-14-13-8-18-9-15(13)20-16(19-14)10-21-12-6-4-11(17)5-7-12/h4-7,18H,2-3,8-10H2,1H3. The third-order valence-corrected chi connectivity index (χ3v) is 4.75. The number of benzene rings is 1. The molecular formula is C16H18ClN3S. The van der Waals surface area contributed by atoms with E-state index in [-0.39, 0.29) is 0 Å². The molecule has 1 aromatic carbocycles. The van der Waals surface area contributed by atoms with Gasteiger partial charge in [0.25, 0.3) is 0 Å². The molecular weight excluding hydrogens is 302 g/mol. The highest BCUT2D eigenvalue weighted by Crippen LogP contribution is 2.25. The second-order valence-corrected chi connectivity index (χ2v) is 6.59. The Hall–Kier alpha value is -1.10. The first-order valence-electron chi connectivity index (χ1n) is 7.23. The zero-order chi connectivity index (χ0) is 14.7. The second kappa shape index (κ2) is 6.77. The lowest BCUT2D eigenvalue weighted by atomic mass is 10.1. The van der Waals surface area contributed by atoms with Gasteiger partial charge in [-0.25, -0.2) is 9.97 Å². The first-order chi connectivity index (χ1) is 10.3. The summed E-state index contributed by atoms with van der Waals surface area (Å²) in [6, 6.07) is 7.91. The van der Waals surface area contributed by atoms with E-state index in [2.05, 4.69) is 12.2 Å². The summed E-state index contributed by atoms with van der Waals surface area (Å²) in [6.07, 6.45) is 2.15. The Morgan fingerprint density at radius 3 is 2.76 bits per heavy atom. The van der Waals surface area contributed by atoms with Gasteiger partial charge in [0.15, 0.2) is 0 Å². The van der Waals surface area contributed by atoms with Crippen LogP contribution in [0.3, 0.4) is 0 Å². The van der Waals surface area contributed by atoms with Crippen LogP contribution in [0.15, 0.2) is 29.2 Å². The largest absolute Gasteiger partial charge is 0.307 e. The van der Waals surface area contributed by atoms with Gasteiger partial charge in [-0.1, -0.05) is 24.9 Å². The molecule has 3 rings (SSSR count). The predicted molar refractivity (Wildman–Crippen MR) is 87.6 cm³/mol. The number of halogens is 1. The van der Waals surface area contributed by atoms with E-state index in [1.807, 2.05) is 24.3 Å². The minimum absolute atomic E-state index is 0.768. The lowest BCUT2D eigenvalue weighted by Crippen LogP contribution is -2.05. The van der Waals surface area contributed by atoms with Gasteiger partial charge in [-0.2, -0.15) is 0 Å². The van der Waals surface area contributed by atoms with Crippen LogP contribution in [0.2, 0.25) is 5.02 Å². The van der Waals surface area contributed by atoms with E-state index in [0.717, 1.165) is 42.5 Å². The van der Waals surface area contributed by atoms with E-state index in [4.69, 9.17) is 21.6 Å². The Morgan fingerprint density at radius 2 is 2.00 bits per heavy atom. The molecule has 21 heavy (non-hydrogen) atoms. The zero-order valence-corrected chi connectivity index (χ0v) is 13.6. The molecule has 110 valence electrons. The summed E-state index contributed by atoms with van der Waals surface area (Å²) in [5.41, 5.74) is 3.72. The van der Waals surface area contributed by atoms with Crippen LogP contribution >= 0.6 is 23.4 Å². The van der Waals surface area contributed by atoms with Gasteiger partial charge >= 0.3 is 0 Å². The molecule has 5 heteroatoms. The van der Waals surface area contributed by atoms with Crippen LogP contribution in [0.4, 0.5) is 0 Å². The maximum absolute atomic E-state index is 5.91. The highest BCUT2D eigenvalue weighted by Gasteiger charge is 2.18. The number of nitrogens with zero attached hydrogens (tertiary/aromatic N) is 2. The summed E-state index contributed by atoms with van der Waals surface area (Å²) in [4.78, 5) is 10.7. The predicted octanol–water partition coefficient (Wildman–Crippen LogP) is 3.98. The molecule has 0 aliphatic carbocycles. The second-order valence-electron chi connectivity index (χ2n) is 5.11. The van der Waals surface area contributed by atoms with Crippen molar-refractivity contribution in [3.63, 3.8) is 0 Å². The van der Waals surface area contributed by atoms with Crippen molar-refractivity contribution in [1.82, 2.24) is 15.3 Å². The molecule has 0 unspecified atom stereocenters. The molecule has 1 N–H and O–H groups in total. The summed E-state index contributed by atoms with van der Waals surface area (Å²) in [5.74, 6) is 1.73. The average molecular weight is 320 g/mol. The van der Waals surface area contributed by atoms with Crippen molar-refractivity contribution in [2.24, 2.45) is 0 Å². The van der Waals surface area contributed by atoms with Crippen molar-refractivity contribution in [2.75, 3.05) is 0 Å². The van der Waals surface area contributed by atoms with Gasteiger partial charge in [0.1, 0.15) is 5.82 Å². The van der Waals surface area contributed by atoms with Crippen molar-refractivity contribution >= 4 is 23.4 Å². The van der Waals surface area contributed by atoms with Gasteiger partial charge in [-0.3, -0.25) is 0 Å². The maximum atomic E-state index is 5.91. The van der Waals surface area contributed by atoms with Crippen LogP contribution in [0.1, 0.15) is 36.1 Å². The lowest BCUT2D eigenvalue weighted by molar-refractivity contribution is 0.753. The quantitative estimate of drug-likeness (QED) is 0.846. The molecule has 3 nitrogen and oxygen atoms in total. The fraction of sp³-hybridized carbons (Fsp3) is 0.375. The molecule has 0 saturated heterocycles. The molecule has 0 saturated carbocycles. The van der Waals surface area contributed by atoms with Crippen LogP contribution in [-0.2, 0) is 25.3 Å². The smallest absolute Gasteiger partial charge is 0.139 e. The lowest BCUT2D eigenvalue weighted by Gasteiger charge is -2.09. The third kappa shape index (κ3) is 3.57. The molecule has 1 aliphatic rings. The Kier molecular flexibility index (Phi) is 4.78. The van der Waals surface area contributed by atoms with Crippen LogP contribution in [0.25, 0.3) is 0 Å². The Morgan fingerprint density at radius 1 is 1.19 bits per heavy atom. The number of thioether (sulfide) groups is 1. The fourth-order valence-corrected chi connectivity index (χ4v) is 3.36. The van der Waals surface area contributed by atoms with Crippen LogP contribution in [0.5, 0.6) is 0 Å². The molecule has 1 aliphatic heterocycles. The monoisotopic (exact) mass is 319 g/mol. The number of aromatic nitrogens is 2. The van der Waals surface area contributed by atoms with Gasteiger partial charge in [-0.05, 0) is 30.7 Å². The molecule has 2 aromatic rings. The van der Waals surface area contributed by atoms with Crippen LogP contribution in [-0.4, -0.2) is 9.97 Å². The first-order valence-corrected chi connectivity index (χ1v) is 8.59. The van der Waals surface area contributed by atoms with E-state index in [1.165, 1.54) is 21.8 Å². The molecule has 0 atom stereocenters. The molecule has 0 fully saturated rings. The summed E-state index contributed by atoms with van der Waals surface area (Å²) in [7, 11) is 0. The molecule has 0 spiro atoms. The van der Waals surface area contributed by atoms with Gasteiger partial charge in [0.2, 0.25) is 0 Å². The van der Waals surface area contributed by atoms with Crippen LogP contribution < -0.4 is 5.32 Å². The number of hydrogen-bond acceptors (Lipinski definition) is 4. The van der Waals surface area contributed by atoms with E-state index in [9.17, 15) is 0 Å². The highest BCUT2D eigenvalue weighted by molar-refractivity contribution is 7.98. The summed E-state index contributed by atoms with van der Waals surface area (Å²) >= 11 is 7.66. The average Bonchev–Trinajstić information content (AvgIpc) is 2.96. The molecule has 2 heterocycles. The van der Waals surface area contributed by atoms with E-state index >= 15 is 0 Å².